The predicted octanol–water partition coefficient (Wildman–Crippen LogP) is -0.0295. The van der Waals surface area contributed by atoms with Crippen LogP contribution in [0.2, 0.25) is 0 Å². The van der Waals surface area contributed by atoms with Gasteiger partial charge in [-0.1, -0.05) is 13.8 Å². The molecule has 1 N–H and O–H groups in total. The van der Waals surface area contributed by atoms with Gasteiger partial charge in [-0.3, -0.25) is 4.79 Å². The molecule has 1 heterocycles. The van der Waals surface area contributed by atoms with E-state index in [4.69, 9.17) is 0 Å². The van der Waals surface area contributed by atoms with Crippen molar-refractivity contribution in [3.05, 3.63) is 0 Å². The standard InChI is InChI=1S/C11H21NO5S/c1-8(2)4-5-18(15,16)12-7-9(13)6-10(12)11(14)17-3/h8-10,13H,4-7H2,1-3H3. The average molecular weight is 279 g/mol. The zero-order valence-corrected chi connectivity index (χ0v) is 11.8. The van der Waals surface area contributed by atoms with Crippen LogP contribution < -0.4 is 0 Å². The molecule has 0 saturated carbocycles. The SMILES string of the molecule is COC(=O)C1CC(O)CN1S(=O)(=O)CCC(C)C. The minimum absolute atomic E-state index is 0.00905. The summed E-state index contributed by atoms with van der Waals surface area (Å²) in [5.74, 6) is -0.353. The number of nitrogens with zero attached hydrogens (tertiary/aromatic N) is 1. The Balaban J connectivity index is 2.81. The van der Waals surface area contributed by atoms with Crippen molar-refractivity contribution in [1.29, 1.82) is 0 Å². The third-order valence-corrected chi connectivity index (χ3v) is 4.89. The second-order valence-electron chi connectivity index (χ2n) is 5.00. The highest BCUT2D eigenvalue weighted by molar-refractivity contribution is 7.89. The average Bonchev–Trinajstić information content (AvgIpc) is 2.68. The van der Waals surface area contributed by atoms with Crippen LogP contribution in [0.5, 0.6) is 0 Å². The molecule has 0 amide bonds. The van der Waals surface area contributed by atoms with Crippen molar-refractivity contribution in [3.63, 3.8) is 0 Å². The number of ether oxygens (including phenoxy) is 1. The molecule has 0 aromatic heterocycles. The van der Waals surface area contributed by atoms with Crippen molar-refractivity contribution in [3.8, 4) is 0 Å². The molecule has 2 unspecified atom stereocenters. The number of carbonyl (C=O) groups is 1. The Labute approximate surface area is 108 Å². The van der Waals surface area contributed by atoms with Crippen molar-refractivity contribution in [1.82, 2.24) is 4.31 Å². The fourth-order valence-electron chi connectivity index (χ4n) is 1.94. The van der Waals surface area contributed by atoms with Gasteiger partial charge in [-0.15, -0.1) is 0 Å². The number of esters is 1. The summed E-state index contributed by atoms with van der Waals surface area (Å²) in [7, 11) is -2.31. The first-order valence-electron chi connectivity index (χ1n) is 6.03. The van der Waals surface area contributed by atoms with Crippen LogP contribution in [-0.4, -0.2) is 55.4 Å². The lowest BCUT2D eigenvalue weighted by Gasteiger charge is -2.22. The van der Waals surface area contributed by atoms with Gasteiger partial charge in [0.05, 0.1) is 19.0 Å². The van der Waals surface area contributed by atoms with E-state index >= 15 is 0 Å². The van der Waals surface area contributed by atoms with E-state index in [0.29, 0.717) is 6.42 Å². The molecule has 0 aromatic carbocycles. The van der Waals surface area contributed by atoms with Gasteiger partial charge in [0.1, 0.15) is 6.04 Å². The van der Waals surface area contributed by atoms with Gasteiger partial charge in [0.25, 0.3) is 0 Å². The maximum absolute atomic E-state index is 12.1. The van der Waals surface area contributed by atoms with Crippen molar-refractivity contribution in [2.45, 2.75) is 38.8 Å². The van der Waals surface area contributed by atoms with Crippen LogP contribution in [0.3, 0.4) is 0 Å². The first-order valence-corrected chi connectivity index (χ1v) is 7.64. The second kappa shape index (κ2) is 5.99. The largest absolute Gasteiger partial charge is 0.468 e. The maximum atomic E-state index is 12.1. The van der Waals surface area contributed by atoms with E-state index in [1.165, 1.54) is 7.11 Å². The quantitative estimate of drug-likeness (QED) is 0.714. The maximum Gasteiger partial charge on any atom is 0.324 e. The lowest BCUT2D eigenvalue weighted by atomic mass is 10.2. The van der Waals surface area contributed by atoms with Crippen LogP contribution >= 0.6 is 0 Å². The summed E-state index contributed by atoms with van der Waals surface area (Å²) in [6.07, 6.45) is -0.168. The van der Waals surface area contributed by atoms with Crippen LogP contribution in [0.1, 0.15) is 26.7 Å². The molecule has 0 bridgehead atoms. The molecule has 0 aromatic rings. The lowest BCUT2D eigenvalue weighted by Crippen LogP contribution is -2.42. The Bertz CT molecular complexity index is 392. The Hall–Kier alpha value is -0.660. The minimum Gasteiger partial charge on any atom is -0.468 e. The molecular formula is C11H21NO5S. The number of hydrogen-bond donors (Lipinski definition) is 1. The number of sulfonamides is 1. The van der Waals surface area contributed by atoms with Gasteiger partial charge in [0.15, 0.2) is 0 Å². The van der Waals surface area contributed by atoms with Crippen LogP contribution in [0, 0.1) is 5.92 Å². The van der Waals surface area contributed by atoms with E-state index in [9.17, 15) is 18.3 Å². The molecule has 1 aliphatic rings. The summed E-state index contributed by atoms with van der Waals surface area (Å²) >= 11 is 0. The van der Waals surface area contributed by atoms with Crippen molar-refractivity contribution in [2.75, 3.05) is 19.4 Å². The number of rotatable bonds is 5. The zero-order chi connectivity index (χ0) is 13.9. The van der Waals surface area contributed by atoms with Gasteiger partial charge in [0, 0.05) is 13.0 Å². The molecule has 6 nitrogen and oxygen atoms in total. The molecule has 2 atom stereocenters. The van der Waals surface area contributed by atoms with Gasteiger partial charge in [-0.25, -0.2) is 8.42 Å². The molecule has 1 aliphatic heterocycles. The highest BCUT2D eigenvalue weighted by Gasteiger charge is 2.43. The number of methoxy groups -OCH3 is 1. The lowest BCUT2D eigenvalue weighted by molar-refractivity contribution is -0.144. The van der Waals surface area contributed by atoms with E-state index in [2.05, 4.69) is 4.74 Å². The minimum atomic E-state index is -3.52. The first-order chi connectivity index (χ1) is 8.27. The van der Waals surface area contributed by atoms with Crippen molar-refractivity contribution < 1.29 is 23.1 Å². The molecule has 1 rings (SSSR count). The van der Waals surface area contributed by atoms with Gasteiger partial charge in [-0.05, 0) is 12.3 Å². The molecule has 1 fully saturated rings. The molecule has 0 radical (unpaired) electrons. The summed E-state index contributed by atoms with van der Waals surface area (Å²) in [4.78, 5) is 11.5. The van der Waals surface area contributed by atoms with Crippen molar-refractivity contribution >= 4 is 16.0 Å². The number of β-amino-alcohol motifs (C(OH)–C–C–N with tert-alkyl or cyclic N) is 1. The van der Waals surface area contributed by atoms with E-state index in [1.54, 1.807) is 0 Å². The van der Waals surface area contributed by atoms with E-state index in [0.717, 1.165) is 4.31 Å². The third-order valence-electron chi connectivity index (χ3n) is 3.02. The van der Waals surface area contributed by atoms with Gasteiger partial charge in [0.2, 0.25) is 10.0 Å². The fourth-order valence-corrected chi connectivity index (χ4v) is 3.91. The predicted molar refractivity (Wildman–Crippen MR) is 66.4 cm³/mol. The molecule has 7 heteroatoms. The Morgan fingerprint density at radius 2 is 2.11 bits per heavy atom. The van der Waals surface area contributed by atoms with Crippen LogP contribution in [0.25, 0.3) is 0 Å². The van der Waals surface area contributed by atoms with Gasteiger partial charge < -0.3 is 9.84 Å². The Morgan fingerprint density at radius 1 is 1.50 bits per heavy atom. The first kappa shape index (κ1) is 15.4. The number of carbonyl (C=O) groups excluding carboxylic acids is 1. The van der Waals surface area contributed by atoms with E-state index in [1.807, 2.05) is 13.8 Å². The topological polar surface area (TPSA) is 83.9 Å². The monoisotopic (exact) mass is 279 g/mol. The highest BCUT2D eigenvalue weighted by Crippen LogP contribution is 2.23. The summed E-state index contributed by atoms with van der Waals surface area (Å²) in [5, 5.41) is 9.54. The summed E-state index contributed by atoms with van der Waals surface area (Å²) < 4.78 is 29.9. The van der Waals surface area contributed by atoms with Crippen LogP contribution in [-0.2, 0) is 19.6 Å². The molecule has 106 valence electrons. The molecule has 0 spiro atoms. The van der Waals surface area contributed by atoms with E-state index in [-0.39, 0.29) is 24.6 Å². The molecule has 1 saturated heterocycles. The Kier molecular flexibility index (Phi) is 5.12. The van der Waals surface area contributed by atoms with Crippen molar-refractivity contribution in [2.24, 2.45) is 5.92 Å². The fraction of sp³-hybridized carbons (Fsp3) is 0.909. The Morgan fingerprint density at radius 3 is 2.61 bits per heavy atom. The molecule has 0 aliphatic carbocycles. The number of hydrogen-bond acceptors (Lipinski definition) is 5. The van der Waals surface area contributed by atoms with Gasteiger partial charge in [-0.2, -0.15) is 4.31 Å². The smallest absolute Gasteiger partial charge is 0.324 e. The van der Waals surface area contributed by atoms with Gasteiger partial charge >= 0.3 is 5.97 Å². The van der Waals surface area contributed by atoms with Crippen LogP contribution in [0.15, 0.2) is 0 Å². The van der Waals surface area contributed by atoms with E-state index < -0.39 is 28.1 Å². The molecule has 18 heavy (non-hydrogen) atoms. The zero-order valence-electron chi connectivity index (χ0n) is 11.0. The van der Waals surface area contributed by atoms with Crippen LogP contribution in [0.4, 0.5) is 0 Å². The number of aliphatic hydroxyl groups excluding tert-OH is 1. The second-order valence-corrected chi connectivity index (χ2v) is 7.04. The summed E-state index contributed by atoms with van der Waals surface area (Å²) in [6.45, 7) is 3.85. The highest BCUT2D eigenvalue weighted by atomic mass is 32.2. The number of aliphatic hydroxyl groups is 1. The normalized spacial score (nSPS) is 25.6. The third kappa shape index (κ3) is 3.66. The summed E-state index contributed by atoms with van der Waals surface area (Å²) in [6, 6.07) is -0.887. The summed E-state index contributed by atoms with van der Waals surface area (Å²) in [5.41, 5.74) is 0. The molecular weight excluding hydrogens is 258 g/mol.